The second-order valence-electron chi connectivity index (χ2n) is 6.85. The van der Waals surface area contributed by atoms with Crippen molar-refractivity contribution in [2.24, 2.45) is 0 Å². The van der Waals surface area contributed by atoms with Crippen molar-refractivity contribution in [3.63, 3.8) is 0 Å². The predicted molar refractivity (Wildman–Crippen MR) is 113 cm³/mol. The van der Waals surface area contributed by atoms with Crippen LogP contribution in [0.3, 0.4) is 0 Å². The number of piperazine rings is 1. The van der Waals surface area contributed by atoms with Crippen molar-refractivity contribution in [2.75, 3.05) is 26.2 Å². The first-order valence-corrected chi connectivity index (χ1v) is 10.5. The van der Waals surface area contributed by atoms with Gasteiger partial charge in [0.05, 0.1) is 11.8 Å². The first-order chi connectivity index (χ1) is 14.2. The Kier molecular flexibility index (Phi) is 6.00. The molecule has 5 nitrogen and oxygen atoms in total. The Bertz CT molecular complexity index is 937. The molecule has 0 spiro atoms. The van der Waals surface area contributed by atoms with E-state index in [2.05, 4.69) is 0 Å². The second kappa shape index (κ2) is 9.01. The largest absolute Gasteiger partial charge is 0.472 e. The Balaban J connectivity index is 1.46. The first-order valence-electron chi connectivity index (χ1n) is 9.59. The van der Waals surface area contributed by atoms with E-state index in [1.54, 1.807) is 22.7 Å². The van der Waals surface area contributed by atoms with Gasteiger partial charge in [0.2, 0.25) is 5.91 Å². The number of hydrogen-bond donors (Lipinski definition) is 0. The third kappa shape index (κ3) is 4.54. The van der Waals surface area contributed by atoms with E-state index >= 15 is 0 Å². The summed E-state index contributed by atoms with van der Waals surface area (Å²) in [6.45, 7) is 2.10. The van der Waals surface area contributed by atoms with Crippen LogP contribution >= 0.6 is 11.8 Å². The van der Waals surface area contributed by atoms with E-state index in [1.807, 2.05) is 65.6 Å². The van der Waals surface area contributed by atoms with Crippen LogP contribution in [0.5, 0.6) is 0 Å². The van der Waals surface area contributed by atoms with Gasteiger partial charge in [-0.3, -0.25) is 9.59 Å². The monoisotopic (exact) mass is 406 g/mol. The van der Waals surface area contributed by atoms with E-state index in [0.29, 0.717) is 31.7 Å². The fraction of sp³-hybridized carbons (Fsp3) is 0.217. The minimum atomic E-state index is -0.310. The maximum Gasteiger partial charge on any atom is 0.257 e. The number of hydrogen-bond acceptors (Lipinski definition) is 4. The fourth-order valence-electron chi connectivity index (χ4n) is 3.39. The molecule has 6 heteroatoms. The van der Waals surface area contributed by atoms with Gasteiger partial charge in [0.1, 0.15) is 11.5 Å². The average Bonchev–Trinajstić information content (AvgIpc) is 3.33. The molecular formula is C23H22N2O3S. The minimum absolute atomic E-state index is 0.0517. The predicted octanol–water partition coefficient (Wildman–Crippen LogP) is 4.10. The molecule has 2 amide bonds. The van der Waals surface area contributed by atoms with Crippen LogP contribution < -0.4 is 0 Å². The Hall–Kier alpha value is -2.99. The number of nitrogens with zero attached hydrogens (tertiary/aromatic N) is 2. The molecule has 0 unspecified atom stereocenters. The van der Waals surface area contributed by atoms with Crippen molar-refractivity contribution in [1.82, 2.24) is 9.80 Å². The molecule has 2 aromatic carbocycles. The summed E-state index contributed by atoms with van der Waals surface area (Å²) in [6, 6.07) is 21.5. The number of benzene rings is 2. The van der Waals surface area contributed by atoms with E-state index in [-0.39, 0.29) is 17.1 Å². The molecular weight excluding hydrogens is 384 g/mol. The van der Waals surface area contributed by atoms with Crippen molar-refractivity contribution in [3.8, 4) is 0 Å². The van der Waals surface area contributed by atoms with E-state index < -0.39 is 0 Å². The lowest BCUT2D eigenvalue weighted by Gasteiger charge is -2.36. The third-order valence-electron chi connectivity index (χ3n) is 4.97. The van der Waals surface area contributed by atoms with Gasteiger partial charge in [-0.1, -0.05) is 48.5 Å². The Morgan fingerprint density at radius 3 is 2.07 bits per heavy atom. The van der Waals surface area contributed by atoms with Gasteiger partial charge in [-0.25, -0.2) is 0 Å². The summed E-state index contributed by atoms with van der Waals surface area (Å²) in [5, 5.41) is -0.310. The number of carbonyl (C=O) groups is 2. The van der Waals surface area contributed by atoms with Crippen LogP contribution in [0.15, 0.2) is 88.6 Å². The average molecular weight is 407 g/mol. The number of furan rings is 1. The summed E-state index contributed by atoms with van der Waals surface area (Å²) in [5.74, 6) is 0.0320. The van der Waals surface area contributed by atoms with Crippen LogP contribution in [0.2, 0.25) is 0 Å². The topological polar surface area (TPSA) is 53.8 Å². The van der Waals surface area contributed by atoms with Gasteiger partial charge >= 0.3 is 0 Å². The fourth-order valence-corrected chi connectivity index (χ4v) is 4.52. The van der Waals surface area contributed by atoms with Gasteiger partial charge in [-0.2, -0.15) is 0 Å². The van der Waals surface area contributed by atoms with Crippen molar-refractivity contribution < 1.29 is 14.0 Å². The van der Waals surface area contributed by atoms with Crippen LogP contribution in [0.1, 0.15) is 21.2 Å². The minimum Gasteiger partial charge on any atom is -0.472 e. The van der Waals surface area contributed by atoms with Crippen molar-refractivity contribution in [3.05, 3.63) is 90.4 Å². The number of rotatable bonds is 5. The van der Waals surface area contributed by atoms with Crippen LogP contribution in [0.4, 0.5) is 0 Å². The molecule has 1 saturated heterocycles. The number of thioether (sulfide) groups is 1. The van der Waals surface area contributed by atoms with Crippen molar-refractivity contribution >= 4 is 23.6 Å². The molecule has 1 atom stereocenters. The smallest absolute Gasteiger partial charge is 0.257 e. The van der Waals surface area contributed by atoms with Gasteiger partial charge < -0.3 is 14.2 Å². The summed E-state index contributed by atoms with van der Waals surface area (Å²) in [6.07, 6.45) is 2.96. The maximum atomic E-state index is 13.4. The number of carbonyl (C=O) groups excluding carboxylic acids is 2. The molecule has 0 N–H and O–H groups in total. The lowest BCUT2D eigenvalue weighted by molar-refractivity contribution is -0.132. The number of amides is 2. The summed E-state index contributed by atoms with van der Waals surface area (Å²) in [4.78, 5) is 30.6. The molecule has 1 aromatic heterocycles. The van der Waals surface area contributed by atoms with Crippen LogP contribution in [0.25, 0.3) is 0 Å². The molecule has 148 valence electrons. The highest BCUT2D eigenvalue weighted by Crippen LogP contribution is 2.36. The lowest BCUT2D eigenvalue weighted by atomic mass is 10.1. The molecule has 2 heterocycles. The highest BCUT2D eigenvalue weighted by Gasteiger charge is 2.31. The zero-order valence-corrected chi connectivity index (χ0v) is 16.8. The van der Waals surface area contributed by atoms with Crippen LogP contribution in [0, 0.1) is 0 Å². The first kappa shape index (κ1) is 19.3. The Labute approximate surface area is 174 Å². The molecule has 1 fully saturated rings. The molecule has 3 aromatic rings. The van der Waals surface area contributed by atoms with Crippen LogP contribution in [-0.4, -0.2) is 47.8 Å². The van der Waals surface area contributed by atoms with Crippen molar-refractivity contribution in [2.45, 2.75) is 10.1 Å². The van der Waals surface area contributed by atoms with Gasteiger partial charge in [-0.05, 0) is 23.8 Å². The molecule has 0 saturated carbocycles. The van der Waals surface area contributed by atoms with E-state index in [1.165, 1.54) is 12.5 Å². The molecule has 1 aliphatic rings. The normalized spacial score (nSPS) is 15.2. The summed E-state index contributed by atoms with van der Waals surface area (Å²) in [5.41, 5.74) is 1.54. The van der Waals surface area contributed by atoms with Gasteiger partial charge in [0, 0.05) is 31.1 Å². The van der Waals surface area contributed by atoms with E-state index in [4.69, 9.17) is 4.42 Å². The molecule has 4 rings (SSSR count). The molecule has 1 aliphatic heterocycles. The zero-order chi connectivity index (χ0) is 20.1. The second-order valence-corrected chi connectivity index (χ2v) is 8.03. The summed E-state index contributed by atoms with van der Waals surface area (Å²) in [7, 11) is 0. The molecule has 0 bridgehead atoms. The third-order valence-corrected chi connectivity index (χ3v) is 6.22. The Morgan fingerprint density at radius 1 is 0.828 bits per heavy atom. The van der Waals surface area contributed by atoms with Gasteiger partial charge in [0.15, 0.2) is 0 Å². The molecule has 0 aliphatic carbocycles. The standard InChI is InChI=1S/C23H22N2O3S/c26-22(19-11-16-28-17-19)24-12-14-25(15-13-24)23(27)21(18-7-3-1-4-8-18)29-20-9-5-2-6-10-20/h1-11,16-17,21H,12-15H2/t21-/m1/s1. The highest BCUT2D eigenvalue weighted by molar-refractivity contribution is 8.00. The Morgan fingerprint density at radius 2 is 1.45 bits per heavy atom. The maximum absolute atomic E-state index is 13.4. The van der Waals surface area contributed by atoms with Crippen LogP contribution in [-0.2, 0) is 4.79 Å². The van der Waals surface area contributed by atoms with E-state index in [9.17, 15) is 9.59 Å². The highest BCUT2D eigenvalue weighted by atomic mass is 32.2. The molecule has 0 radical (unpaired) electrons. The van der Waals surface area contributed by atoms with E-state index in [0.717, 1.165) is 10.5 Å². The zero-order valence-electron chi connectivity index (χ0n) is 15.9. The van der Waals surface area contributed by atoms with Gasteiger partial charge in [-0.15, -0.1) is 11.8 Å². The SMILES string of the molecule is O=C(c1ccoc1)N1CCN(C(=O)[C@H](Sc2ccccc2)c2ccccc2)CC1. The van der Waals surface area contributed by atoms with Gasteiger partial charge in [0.25, 0.3) is 5.91 Å². The molecule has 29 heavy (non-hydrogen) atoms. The summed E-state index contributed by atoms with van der Waals surface area (Å²) < 4.78 is 5.01. The summed E-state index contributed by atoms with van der Waals surface area (Å²) >= 11 is 1.56. The lowest BCUT2D eigenvalue weighted by Crippen LogP contribution is -2.51. The quantitative estimate of drug-likeness (QED) is 0.599. The van der Waals surface area contributed by atoms with Crippen molar-refractivity contribution in [1.29, 1.82) is 0 Å².